The van der Waals surface area contributed by atoms with Crippen LogP contribution < -0.4 is 5.32 Å². The lowest BCUT2D eigenvalue weighted by atomic mass is 9.89. The maximum Gasteiger partial charge on any atom is 0.0327 e. The number of nitrogens with one attached hydrogen (secondary N) is 1. The Labute approximate surface area is 119 Å². The van der Waals surface area contributed by atoms with Gasteiger partial charge < -0.3 is 15.1 Å². The van der Waals surface area contributed by atoms with Gasteiger partial charge in [-0.3, -0.25) is 0 Å². The van der Waals surface area contributed by atoms with E-state index in [1.54, 1.807) is 0 Å². The van der Waals surface area contributed by atoms with Gasteiger partial charge in [-0.25, -0.2) is 0 Å². The van der Waals surface area contributed by atoms with E-state index in [0.717, 1.165) is 5.92 Å². The first kappa shape index (κ1) is 15.3. The molecule has 1 atom stereocenters. The van der Waals surface area contributed by atoms with Crippen molar-refractivity contribution in [2.75, 3.05) is 40.8 Å². The summed E-state index contributed by atoms with van der Waals surface area (Å²) in [7, 11) is 6.76. The first-order valence-electron chi connectivity index (χ1n) is 8.13. The minimum Gasteiger partial charge on any atom is -0.312 e. The second-order valence-corrected chi connectivity index (χ2v) is 7.14. The van der Waals surface area contributed by atoms with Crippen LogP contribution in [0.1, 0.15) is 45.4 Å². The first-order chi connectivity index (χ1) is 9.03. The molecule has 0 amide bonds. The predicted molar refractivity (Wildman–Crippen MR) is 82.6 cm³/mol. The van der Waals surface area contributed by atoms with Gasteiger partial charge in [-0.15, -0.1) is 0 Å². The lowest BCUT2D eigenvalue weighted by molar-refractivity contribution is 0.134. The zero-order valence-corrected chi connectivity index (χ0v) is 13.4. The molecule has 0 radical (unpaired) electrons. The van der Waals surface area contributed by atoms with E-state index in [9.17, 15) is 0 Å². The largest absolute Gasteiger partial charge is 0.312 e. The molecule has 1 aliphatic heterocycles. The van der Waals surface area contributed by atoms with Crippen molar-refractivity contribution in [1.29, 1.82) is 0 Å². The van der Waals surface area contributed by atoms with Gasteiger partial charge in [0.2, 0.25) is 0 Å². The van der Waals surface area contributed by atoms with E-state index in [1.165, 1.54) is 58.2 Å². The molecule has 2 rings (SSSR count). The van der Waals surface area contributed by atoms with E-state index in [-0.39, 0.29) is 0 Å². The van der Waals surface area contributed by atoms with E-state index in [0.29, 0.717) is 11.6 Å². The number of piperidine rings is 1. The van der Waals surface area contributed by atoms with Crippen LogP contribution in [0.15, 0.2) is 0 Å². The molecule has 2 fully saturated rings. The van der Waals surface area contributed by atoms with Gasteiger partial charge in [0.15, 0.2) is 0 Å². The van der Waals surface area contributed by atoms with Crippen molar-refractivity contribution in [3.05, 3.63) is 0 Å². The molecule has 3 heteroatoms. The van der Waals surface area contributed by atoms with Gasteiger partial charge in [0, 0.05) is 18.1 Å². The lowest BCUT2D eigenvalue weighted by Crippen LogP contribution is -2.53. The molecule has 1 unspecified atom stereocenters. The quantitative estimate of drug-likeness (QED) is 0.824. The predicted octanol–water partition coefficient (Wildman–Crippen LogP) is 2.18. The van der Waals surface area contributed by atoms with Crippen molar-refractivity contribution in [2.24, 2.45) is 5.92 Å². The molecular weight excluding hydrogens is 234 g/mol. The fourth-order valence-corrected chi connectivity index (χ4v) is 3.86. The molecule has 19 heavy (non-hydrogen) atoms. The van der Waals surface area contributed by atoms with Gasteiger partial charge >= 0.3 is 0 Å². The highest BCUT2D eigenvalue weighted by Gasteiger charge is 2.36. The molecule has 3 nitrogen and oxygen atoms in total. The highest BCUT2D eigenvalue weighted by Crippen LogP contribution is 2.33. The summed E-state index contributed by atoms with van der Waals surface area (Å²) in [5.74, 6) is 0.872. The Morgan fingerprint density at radius 1 is 1.21 bits per heavy atom. The zero-order valence-electron chi connectivity index (χ0n) is 13.4. The van der Waals surface area contributed by atoms with Crippen LogP contribution in [0.5, 0.6) is 0 Å². The van der Waals surface area contributed by atoms with Crippen molar-refractivity contribution in [2.45, 2.75) is 57.0 Å². The lowest BCUT2D eigenvalue weighted by Gasteiger charge is -2.39. The number of likely N-dealkylation sites (tertiary alicyclic amines) is 1. The molecule has 0 aromatic carbocycles. The smallest absolute Gasteiger partial charge is 0.0327 e. The van der Waals surface area contributed by atoms with Gasteiger partial charge in [0.25, 0.3) is 0 Å². The molecule has 0 aromatic heterocycles. The average molecular weight is 267 g/mol. The monoisotopic (exact) mass is 267 g/mol. The van der Waals surface area contributed by atoms with Crippen LogP contribution >= 0.6 is 0 Å². The van der Waals surface area contributed by atoms with E-state index in [2.05, 4.69) is 43.2 Å². The number of likely N-dealkylation sites (N-methyl/N-ethyl adjacent to an activating group) is 1. The Morgan fingerprint density at radius 3 is 2.32 bits per heavy atom. The second kappa shape index (κ2) is 6.55. The molecule has 112 valence electrons. The van der Waals surface area contributed by atoms with Crippen LogP contribution in [0, 0.1) is 5.92 Å². The summed E-state index contributed by atoms with van der Waals surface area (Å²) in [6.07, 6.45) is 8.27. The Balaban J connectivity index is 1.80. The summed E-state index contributed by atoms with van der Waals surface area (Å²) in [6, 6.07) is 0.672. The highest BCUT2D eigenvalue weighted by molar-refractivity contribution is 4.95. The Bertz CT molecular complexity index is 263. The minimum absolute atomic E-state index is 0.430. The van der Waals surface area contributed by atoms with Crippen LogP contribution in [-0.4, -0.2) is 62.2 Å². The van der Waals surface area contributed by atoms with E-state index in [4.69, 9.17) is 0 Å². The molecule has 1 aliphatic carbocycles. The molecule has 0 bridgehead atoms. The van der Waals surface area contributed by atoms with Gasteiger partial charge in [0.1, 0.15) is 0 Å². The molecular formula is C16H33N3. The van der Waals surface area contributed by atoms with Gasteiger partial charge in [-0.05, 0) is 72.8 Å². The number of rotatable bonds is 5. The Hall–Kier alpha value is -0.120. The van der Waals surface area contributed by atoms with E-state index >= 15 is 0 Å². The summed E-state index contributed by atoms with van der Waals surface area (Å²) in [6.45, 7) is 6.12. The third kappa shape index (κ3) is 3.71. The summed E-state index contributed by atoms with van der Waals surface area (Å²) in [5.41, 5.74) is 0.430. The van der Waals surface area contributed by atoms with Gasteiger partial charge in [0.05, 0.1) is 0 Å². The topological polar surface area (TPSA) is 18.5 Å². The summed E-state index contributed by atoms with van der Waals surface area (Å²) in [5, 5.41) is 3.87. The summed E-state index contributed by atoms with van der Waals surface area (Å²) >= 11 is 0. The third-order valence-electron chi connectivity index (χ3n) is 5.71. The molecule has 2 aliphatic rings. The fraction of sp³-hybridized carbons (Fsp3) is 1.00. The van der Waals surface area contributed by atoms with Crippen molar-refractivity contribution < 1.29 is 0 Å². The normalized spacial score (nSPS) is 27.0. The number of hydrogen-bond acceptors (Lipinski definition) is 3. The zero-order chi connectivity index (χ0) is 13.9. The fourth-order valence-electron chi connectivity index (χ4n) is 3.86. The van der Waals surface area contributed by atoms with Gasteiger partial charge in [-0.2, -0.15) is 0 Å². The van der Waals surface area contributed by atoms with Crippen LogP contribution in [0.25, 0.3) is 0 Å². The van der Waals surface area contributed by atoms with E-state index < -0.39 is 0 Å². The molecule has 1 heterocycles. The van der Waals surface area contributed by atoms with Crippen molar-refractivity contribution in [3.63, 3.8) is 0 Å². The molecule has 1 saturated heterocycles. The maximum absolute atomic E-state index is 3.87. The second-order valence-electron chi connectivity index (χ2n) is 7.14. The van der Waals surface area contributed by atoms with Crippen LogP contribution in [0.2, 0.25) is 0 Å². The Morgan fingerprint density at radius 2 is 1.79 bits per heavy atom. The minimum atomic E-state index is 0.430. The highest BCUT2D eigenvalue weighted by atomic mass is 15.2. The van der Waals surface area contributed by atoms with Crippen molar-refractivity contribution >= 4 is 0 Å². The molecule has 1 saturated carbocycles. The standard InChI is InChI=1S/C16H33N3/c1-14(15-7-11-19(4)12-8-15)17-13-16(18(2)3)9-5-6-10-16/h14-15,17H,5-13H2,1-4H3. The van der Waals surface area contributed by atoms with Gasteiger partial charge in [-0.1, -0.05) is 12.8 Å². The van der Waals surface area contributed by atoms with Crippen molar-refractivity contribution in [1.82, 2.24) is 15.1 Å². The third-order valence-corrected chi connectivity index (χ3v) is 5.71. The molecule has 0 aromatic rings. The maximum atomic E-state index is 3.87. The SMILES string of the molecule is CC(NCC1(N(C)C)CCCC1)C1CCN(C)CC1. The summed E-state index contributed by atoms with van der Waals surface area (Å²) < 4.78 is 0. The van der Waals surface area contributed by atoms with Crippen LogP contribution in [0.3, 0.4) is 0 Å². The Kier molecular flexibility index (Phi) is 5.27. The van der Waals surface area contributed by atoms with Crippen molar-refractivity contribution in [3.8, 4) is 0 Å². The number of nitrogens with zero attached hydrogens (tertiary/aromatic N) is 2. The van der Waals surface area contributed by atoms with Crippen LogP contribution in [0.4, 0.5) is 0 Å². The van der Waals surface area contributed by atoms with Crippen LogP contribution in [-0.2, 0) is 0 Å². The van der Waals surface area contributed by atoms with E-state index in [1.807, 2.05) is 0 Å². The summed E-state index contributed by atoms with van der Waals surface area (Å²) in [4.78, 5) is 4.93. The molecule has 1 N–H and O–H groups in total. The average Bonchev–Trinajstić information content (AvgIpc) is 2.87. The number of hydrogen-bond donors (Lipinski definition) is 1. The first-order valence-corrected chi connectivity index (χ1v) is 8.13. The molecule has 0 spiro atoms.